The van der Waals surface area contributed by atoms with E-state index in [2.05, 4.69) is 41.4 Å². The first-order valence-corrected chi connectivity index (χ1v) is 9.96. The summed E-state index contributed by atoms with van der Waals surface area (Å²) in [5, 5.41) is 3.03. The molecule has 1 fully saturated rings. The number of benzene rings is 1. The van der Waals surface area contributed by atoms with Crippen LogP contribution in [-0.2, 0) is 22.6 Å². The molecule has 1 aromatic carbocycles. The van der Waals surface area contributed by atoms with Crippen LogP contribution >= 0.6 is 0 Å². The van der Waals surface area contributed by atoms with Crippen LogP contribution in [0.4, 0.5) is 4.79 Å². The van der Waals surface area contributed by atoms with E-state index in [0.29, 0.717) is 25.8 Å². The van der Waals surface area contributed by atoms with Crippen molar-refractivity contribution in [3.63, 3.8) is 0 Å². The maximum absolute atomic E-state index is 12.5. The second-order valence-electron chi connectivity index (χ2n) is 7.50. The fraction of sp³-hybridized carbons (Fsp3) is 0.667. The van der Waals surface area contributed by atoms with Gasteiger partial charge in [0.1, 0.15) is 0 Å². The molecular formula is C21H35N3O3. The fourth-order valence-corrected chi connectivity index (χ4v) is 3.37. The lowest BCUT2D eigenvalue weighted by atomic mass is 10.1. The Bertz CT molecular complexity index is 556. The molecule has 0 radical (unpaired) electrons. The molecule has 1 N–H and O–H groups in total. The Morgan fingerprint density at radius 3 is 2.44 bits per heavy atom. The van der Waals surface area contributed by atoms with Crippen LogP contribution in [0.25, 0.3) is 0 Å². The van der Waals surface area contributed by atoms with Crippen LogP contribution in [-0.4, -0.2) is 68.4 Å². The molecule has 0 saturated carbocycles. The number of likely N-dealkylation sites (N-methyl/N-ethyl adjacent to an activating group) is 2. The van der Waals surface area contributed by atoms with Gasteiger partial charge < -0.3 is 24.6 Å². The van der Waals surface area contributed by atoms with E-state index in [-0.39, 0.29) is 12.1 Å². The van der Waals surface area contributed by atoms with E-state index >= 15 is 0 Å². The Balaban J connectivity index is 1.77. The molecular weight excluding hydrogens is 342 g/mol. The monoisotopic (exact) mass is 377 g/mol. The maximum atomic E-state index is 12.5. The normalized spacial score (nSPS) is 16.3. The highest BCUT2D eigenvalue weighted by Gasteiger charge is 2.18. The minimum Gasteiger partial charge on any atom is -0.381 e. The standard InChI is InChI=1S/C21H35N3O3/c1-5-24(17(2)15-23(3)4)21(25)22-14-18-6-8-19(9-7-18)16-27-20-10-12-26-13-11-20/h6-9,17,20H,5,10-16H2,1-4H3,(H,22,25)/t17-/m1/s1. The van der Waals surface area contributed by atoms with Crippen LogP contribution in [0.15, 0.2) is 24.3 Å². The van der Waals surface area contributed by atoms with Gasteiger partial charge in [0.05, 0.1) is 12.7 Å². The number of urea groups is 1. The van der Waals surface area contributed by atoms with Crippen molar-refractivity contribution in [3.05, 3.63) is 35.4 Å². The van der Waals surface area contributed by atoms with Gasteiger partial charge in [0.25, 0.3) is 0 Å². The summed E-state index contributed by atoms with van der Waals surface area (Å²) < 4.78 is 11.3. The van der Waals surface area contributed by atoms with Gasteiger partial charge in [0.2, 0.25) is 0 Å². The molecule has 0 unspecified atom stereocenters. The molecule has 1 aromatic rings. The van der Waals surface area contributed by atoms with E-state index in [9.17, 15) is 4.79 Å². The molecule has 0 bridgehead atoms. The minimum atomic E-state index is -0.0150. The molecule has 1 saturated heterocycles. The molecule has 0 aromatic heterocycles. The molecule has 1 atom stereocenters. The van der Waals surface area contributed by atoms with Gasteiger partial charge in [-0.2, -0.15) is 0 Å². The summed E-state index contributed by atoms with van der Waals surface area (Å²) in [4.78, 5) is 16.5. The van der Waals surface area contributed by atoms with Crippen molar-refractivity contribution in [2.75, 3.05) is 40.4 Å². The number of amides is 2. The fourth-order valence-electron chi connectivity index (χ4n) is 3.37. The lowest BCUT2D eigenvalue weighted by Gasteiger charge is -2.30. The number of nitrogens with zero attached hydrogens (tertiary/aromatic N) is 2. The number of hydrogen-bond donors (Lipinski definition) is 1. The van der Waals surface area contributed by atoms with Gasteiger partial charge in [-0.1, -0.05) is 24.3 Å². The summed E-state index contributed by atoms with van der Waals surface area (Å²) >= 11 is 0. The lowest BCUT2D eigenvalue weighted by Crippen LogP contribution is -2.48. The summed E-state index contributed by atoms with van der Waals surface area (Å²) in [6.07, 6.45) is 2.26. The third-order valence-corrected chi connectivity index (χ3v) is 4.88. The smallest absolute Gasteiger partial charge is 0.317 e. The highest BCUT2D eigenvalue weighted by molar-refractivity contribution is 5.74. The molecule has 152 valence electrons. The highest BCUT2D eigenvalue weighted by Crippen LogP contribution is 2.14. The summed E-state index contributed by atoms with van der Waals surface area (Å²) in [6.45, 7) is 8.40. The van der Waals surface area contributed by atoms with E-state index in [1.54, 1.807) is 0 Å². The van der Waals surface area contributed by atoms with Crippen molar-refractivity contribution in [3.8, 4) is 0 Å². The molecule has 2 rings (SSSR count). The zero-order valence-corrected chi connectivity index (χ0v) is 17.2. The molecule has 1 heterocycles. The largest absolute Gasteiger partial charge is 0.381 e. The van der Waals surface area contributed by atoms with Crippen molar-refractivity contribution in [2.24, 2.45) is 0 Å². The number of rotatable bonds is 9. The topological polar surface area (TPSA) is 54.0 Å². The first-order valence-electron chi connectivity index (χ1n) is 9.96. The quantitative estimate of drug-likeness (QED) is 0.719. The predicted octanol–water partition coefficient (Wildman–Crippen LogP) is 2.86. The van der Waals surface area contributed by atoms with Crippen molar-refractivity contribution in [1.29, 1.82) is 0 Å². The molecule has 27 heavy (non-hydrogen) atoms. The Hall–Kier alpha value is -1.63. The van der Waals surface area contributed by atoms with Crippen LogP contribution < -0.4 is 5.32 Å². The molecule has 2 amide bonds. The van der Waals surface area contributed by atoms with E-state index < -0.39 is 0 Å². The summed E-state index contributed by atoms with van der Waals surface area (Å²) in [5.41, 5.74) is 2.25. The second-order valence-corrected chi connectivity index (χ2v) is 7.50. The Morgan fingerprint density at radius 2 is 1.85 bits per heavy atom. The molecule has 6 heteroatoms. The second kappa shape index (κ2) is 11.3. The van der Waals surface area contributed by atoms with E-state index in [4.69, 9.17) is 9.47 Å². The number of carbonyl (C=O) groups excluding carboxylic acids is 1. The molecule has 1 aliphatic rings. The Kier molecular flexibility index (Phi) is 9.04. The van der Waals surface area contributed by atoms with Crippen molar-refractivity contribution >= 4 is 6.03 Å². The summed E-state index contributed by atoms with van der Waals surface area (Å²) in [6, 6.07) is 8.43. The van der Waals surface area contributed by atoms with Gasteiger partial charge in [-0.3, -0.25) is 0 Å². The minimum absolute atomic E-state index is 0.0150. The lowest BCUT2D eigenvalue weighted by molar-refractivity contribution is -0.0390. The van der Waals surface area contributed by atoms with Crippen LogP contribution in [0, 0.1) is 0 Å². The first kappa shape index (κ1) is 21.7. The highest BCUT2D eigenvalue weighted by atomic mass is 16.5. The van der Waals surface area contributed by atoms with E-state index in [0.717, 1.165) is 43.7 Å². The summed E-state index contributed by atoms with van der Waals surface area (Å²) in [7, 11) is 4.05. The average Bonchev–Trinajstić information content (AvgIpc) is 2.66. The predicted molar refractivity (Wildman–Crippen MR) is 108 cm³/mol. The van der Waals surface area contributed by atoms with Crippen molar-refractivity contribution in [2.45, 2.75) is 52.0 Å². The third kappa shape index (κ3) is 7.48. The number of hydrogen-bond acceptors (Lipinski definition) is 4. The van der Waals surface area contributed by atoms with Gasteiger partial charge >= 0.3 is 6.03 Å². The van der Waals surface area contributed by atoms with Crippen molar-refractivity contribution in [1.82, 2.24) is 15.1 Å². The van der Waals surface area contributed by atoms with Gasteiger partial charge in [0, 0.05) is 38.9 Å². The van der Waals surface area contributed by atoms with Gasteiger partial charge in [0.15, 0.2) is 0 Å². The SMILES string of the molecule is CCN(C(=O)NCc1ccc(COC2CCOCC2)cc1)[C@H](C)CN(C)C. The van der Waals surface area contributed by atoms with Gasteiger partial charge in [-0.15, -0.1) is 0 Å². The van der Waals surface area contributed by atoms with Gasteiger partial charge in [-0.25, -0.2) is 4.79 Å². The maximum Gasteiger partial charge on any atom is 0.317 e. The average molecular weight is 378 g/mol. The van der Waals surface area contributed by atoms with E-state index in [1.807, 2.05) is 25.9 Å². The zero-order valence-electron chi connectivity index (χ0n) is 17.2. The van der Waals surface area contributed by atoms with Crippen LogP contribution in [0.2, 0.25) is 0 Å². The molecule has 0 spiro atoms. The van der Waals surface area contributed by atoms with Crippen molar-refractivity contribution < 1.29 is 14.3 Å². The third-order valence-electron chi connectivity index (χ3n) is 4.88. The van der Waals surface area contributed by atoms with Gasteiger partial charge in [-0.05, 0) is 51.9 Å². The summed E-state index contributed by atoms with van der Waals surface area (Å²) in [5.74, 6) is 0. The first-order chi connectivity index (χ1) is 13.0. The number of nitrogens with one attached hydrogen (secondary N) is 1. The molecule has 0 aliphatic carbocycles. The van der Waals surface area contributed by atoms with Crippen LogP contribution in [0.1, 0.15) is 37.8 Å². The van der Waals surface area contributed by atoms with E-state index in [1.165, 1.54) is 0 Å². The Labute approximate surface area is 163 Å². The number of ether oxygens (including phenoxy) is 2. The van der Waals surface area contributed by atoms with Crippen LogP contribution in [0.5, 0.6) is 0 Å². The van der Waals surface area contributed by atoms with Crippen LogP contribution in [0.3, 0.4) is 0 Å². The molecule has 1 aliphatic heterocycles. The number of carbonyl (C=O) groups is 1. The molecule has 6 nitrogen and oxygen atoms in total. The Morgan fingerprint density at radius 1 is 1.22 bits per heavy atom. The zero-order chi connectivity index (χ0) is 19.6.